The lowest BCUT2D eigenvalue weighted by Gasteiger charge is -2.38. The molecule has 0 amide bonds. The van der Waals surface area contributed by atoms with Gasteiger partial charge >= 0.3 is 0 Å². The van der Waals surface area contributed by atoms with E-state index in [0.29, 0.717) is 11.4 Å². The number of halogens is 1. The molecule has 0 aliphatic carbocycles. The molecule has 0 saturated carbocycles. The van der Waals surface area contributed by atoms with Gasteiger partial charge in [-0.2, -0.15) is 0 Å². The van der Waals surface area contributed by atoms with E-state index in [0.717, 1.165) is 32.5 Å². The molecule has 1 aliphatic heterocycles. The molecule has 0 atom stereocenters. The van der Waals surface area contributed by atoms with E-state index in [2.05, 4.69) is 11.8 Å². The molecule has 4 heteroatoms. The minimum atomic E-state index is -0.219. The third kappa shape index (κ3) is 2.89. The van der Waals surface area contributed by atoms with Crippen molar-refractivity contribution in [1.82, 2.24) is 4.90 Å². The minimum absolute atomic E-state index is 0.0293. The molecule has 0 radical (unpaired) electrons. The molecular weight excluding hydrogens is 199 g/mol. The molecule has 14 heavy (non-hydrogen) atoms. The fraction of sp³-hybridized carbons (Fsp3) is 0.900. The van der Waals surface area contributed by atoms with E-state index < -0.39 is 0 Å². The summed E-state index contributed by atoms with van der Waals surface area (Å²) in [7, 11) is 0. The van der Waals surface area contributed by atoms with Crippen LogP contribution >= 0.6 is 12.2 Å². The fourth-order valence-electron chi connectivity index (χ4n) is 1.80. The predicted molar refractivity (Wildman–Crippen MR) is 61.2 cm³/mol. The normalized spacial score (nSPS) is 22.1. The molecule has 2 N–H and O–H groups in total. The molecule has 0 spiro atoms. The summed E-state index contributed by atoms with van der Waals surface area (Å²) >= 11 is 5.05. The summed E-state index contributed by atoms with van der Waals surface area (Å²) in [5.41, 5.74) is 5.73. The Morgan fingerprint density at radius 2 is 2.07 bits per heavy atom. The molecule has 1 fully saturated rings. The van der Waals surface area contributed by atoms with Crippen molar-refractivity contribution in [3.05, 3.63) is 0 Å². The molecule has 82 valence electrons. The van der Waals surface area contributed by atoms with Crippen molar-refractivity contribution in [3.63, 3.8) is 0 Å². The van der Waals surface area contributed by atoms with Gasteiger partial charge in [-0.15, -0.1) is 0 Å². The summed E-state index contributed by atoms with van der Waals surface area (Å²) in [6.07, 6.45) is 2.66. The van der Waals surface area contributed by atoms with Gasteiger partial charge in [0.2, 0.25) is 0 Å². The number of likely N-dealkylation sites (tertiary alicyclic amines) is 1. The quantitative estimate of drug-likeness (QED) is 0.729. The Morgan fingerprint density at radius 3 is 2.50 bits per heavy atom. The van der Waals surface area contributed by atoms with Crippen LogP contribution < -0.4 is 5.73 Å². The maximum atomic E-state index is 12.0. The fourth-order valence-corrected chi connectivity index (χ4v) is 2.00. The Kier molecular flexibility index (Phi) is 4.26. The molecule has 2 nitrogen and oxygen atoms in total. The number of rotatable bonds is 4. The topological polar surface area (TPSA) is 29.3 Å². The number of nitrogens with zero attached hydrogens (tertiary/aromatic N) is 1. The predicted octanol–water partition coefficient (Wildman–Crippen LogP) is 1.73. The minimum Gasteiger partial charge on any atom is -0.393 e. The number of alkyl halides is 1. The van der Waals surface area contributed by atoms with Crippen LogP contribution in [0.4, 0.5) is 4.39 Å². The standard InChI is InChI=1S/C10H19FN2S/c1-10(9(12)14)3-7-13(8-4-10)6-2-5-11/h2-8H2,1H3,(H2,12,14). The highest BCUT2D eigenvalue weighted by Crippen LogP contribution is 2.30. The zero-order valence-electron chi connectivity index (χ0n) is 8.76. The van der Waals surface area contributed by atoms with Gasteiger partial charge in [0.05, 0.1) is 11.7 Å². The average molecular weight is 218 g/mol. The summed E-state index contributed by atoms with van der Waals surface area (Å²) < 4.78 is 12.0. The summed E-state index contributed by atoms with van der Waals surface area (Å²) in [6.45, 7) is 4.76. The highest BCUT2D eigenvalue weighted by Gasteiger charge is 2.32. The van der Waals surface area contributed by atoms with Crippen LogP contribution in [0, 0.1) is 5.41 Å². The van der Waals surface area contributed by atoms with Crippen LogP contribution in [-0.4, -0.2) is 36.2 Å². The third-order valence-electron chi connectivity index (χ3n) is 3.16. The van der Waals surface area contributed by atoms with Crippen LogP contribution in [0.2, 0.25) is 0 Å². The second-order valence-electron chi connectivity index (χ2n) is 4.31. The van der Waals surface area contributed by atoms with Gasteiger partial charge in [0.1, 0.15) is 0 Å². The van der Waals surface area contributed by atoms with Gasteiger partial charge in [-0.05, 0) is 32.4 Å². The highest BCUT2D eigenvalue weighted by atomic mass is 32.1. The van der Waals surface area contributed by atoms with Crippen LogP contribution in [-0.2, 0) is 0 Å². The van der Waals surface area contributed by atoms with E-state index in [1.54, 1.807) is 0 Å². The second-order valence-corrected chi connectivity index (χ2v) is 4.75. The summed E-state index contributed by atoms with van der Waals surface area (Å²) in [5, 5.41) is 0. The first-order valence-electron chi connectivity index (χ1n) is 5.17. The van der Waals surface area contributed by atoms with Crippen molar-refractivity contribution in [1.29, 1.82) is 0 Å². The van der Waals surface area contributed by atoms with E-state index in [1.807, 2.05) is 0 Å². The number of hydrogen-bond donors (Lipinski definition) is 1. The molecule has 0 unspecified atom stereocenters. The van der Waals surface area contributed by atoms with E-state index in [9.17, 15) is 4.39 Å². The zero-order chi connectivity index (χ0) is 10.6. The molecule has 0 aromatic heterocycles. The van der Waals surface area contributed by atoms with Crippen LogP contribution in [0.15, 0.2) is 0 Å². The van der Waals surface area contributed by atoms with Gasteiger partial charge in [-0.25, -0.2) is 0 Å². The summed E-state index contributed by atoms with van der Waals surface area (Å²) in [6, 6.07) is 0. The summed E-state index contributed by atoms with van der Waals surface area (Å²) in [4.78, 5) is 2.92. The average Bonchev–Trinajstić information content (AvgIpc) is 2.17. The molecule has 0 aromatic rings. The van der Waals surface area contributed by atoms with Crippen LogP contribution in [0.5, 0.6) is 0 Å². The number of hydrogen-bond acceptors (Lipinski definition) is 2. The van der Waals surface area contributed by atoms with Crippen LogP contribution in [0.3, 0.4) is 0 Å². The van der Waals surface area contributed by atoms with Crippen LogP contribution in [0.1, 0.15) is 26.2 Å². The zero-order valence-corrected chi connectivity index (χ0v) is 9.58. The largest absolute Gasteiger partial charge is 0.393 e. The van der Waals surface area contributed by atoms with Gasteiger partial charge in [0.15, 0.2) is 0 Å². The van der Waals surface area contributed by atoms with Crippen molar-refractivity contribution in [2.24, 2.45) is 11.1 Å². The maximum absolute atomic E-state index is 12.0. The maximum Gasteiger partial charge on any atom is 0.0906 e. The lowest BCUT2D eigenvalue weighted by molar-refractivity contribution is 0.159. The van der Waals surface area contributed by atoms with Gasteiger partial charge in [-0.3, -0.25) is 4.39 Å². The highest BCUT2D eigenvalue weighted by molar-refractivity contribution is 7.80. The van der Waals surface area contributed by atoms with Crippen molar-refractivity contribution >= 4 is 17.2 Å². The Labute approximate surface area is 90.6 Å². The molecule has 0 bridgehead atoms. The first-order valence-corrected chi connectivity index (χ1v) is 5.57. The number of nitrogens with two attached hydrogens (primary N) is 1. The van der Waals surface area contributed by atoms with Crippen molar-refractivity contribution < 1.29 is 4.39 Å². The van der Waals surface area contributed by atoms with Crippen molar-refractivity contribution in [2.75, 3.05) is 26.3 Å². The summed E-state index contributed by atoms with van der Waals surface area (Å²) in [5.74, 6) is 0. The Balaban J connectivity index is 2.34. The van der Waals surface area contributed by atoms with E-state index in [4.69, 9.17) is 18.0 Å². The smallest absolute Gasteiger partial charge is 0.0906 e. The number of thiocarbonyl (C=S) groups is 1. The Morgan fingerprint density at radius 1 is 1.50 bits per heavy atom. The molecular formula is C10H19FN2S. The van der Waals surface area contributed by atoms with Crippen LogP contribution in [0.25, 0.3) is 0 Å². The van der Waals surface area contributed by atoms with E-state index >= 15 is 0 Å². The molecule has 1 rings (SSSR count). The number of piperidine rings is 1. The van der Waals surface area contributed by atoms with Crippen molar-refractivity contribution in [2.45, 2.75) is 26.2 Å². The lowest BCUT2D eigenvalue weighted by atomic mass is 9.80. The van der Waals surface area contributed by atoms with Crippen molar-refractivity contribution in [3.8, 4) is 0 Å². The SMILES string of the molecule is CC1(C(N)=S)CCN(CCCF)CC1. The molecule has 1 heterocycles. The molecule has 1 aliphatic rings. The first-order chi connectivity index (χ1) is 6.58. The monoisotopic (exact) mass is 218 g/mol. The third-order valence-corrected chi connectivity index (χ3v) is 3.66. The second kappa shape index (κ2) is 5.03. The lowest BCUT2D eigenvalue weighted by Crippen LogP contribution is -2.44. The Hall–Kier alpha value is -0.220. The van der Waals surface area contributed by atoms with Gasteiger partial charge in [-0.1, -0.05) is 19.1 Å². The molecule has 1 saturated heterocycles. The van der Waals surface area contributed by atoms with E-state index in [-0.39, 0.29) is 12.1 Å². The Bertz CT molecular complexity index is 200. The van der Waals surface area contributed by atoms with Gasteiger partial charge < -0.3 is 10.6 Å². The van der Waals surface area contributed by atoms with Gasteiger partial charge in [0.25, 0.3) is 0 Å². The molecule has 0 aromatic carbocycles. The van der Waals surface area contributed by atoms with Gasteiger partial charge in [0, 0.05) is 12.0 Å². The van der Waals surface area contributed by atoms with E-state index in [1.165, 1.54) is 0 Å². The first kappa shape index (κ1) is 11.9.